The summed E-state index contributed by atoms with van der Waals surface area (Å²) >= 11 is 0. The normalized spacial score (nSPS) is 10.2. The first kappa shape index (κ1) is 19.2. The van der Waals surface area contributed by atoms with E-state index in [4.69, 9.17) is 9.47 Å². The van der Waals surface area contributed by atoms with Gasteiger partial charge in [-0.15, -0.1) is 0 Å². The van der Waals surface area contributed by atoms with E-state index in [0.717, 1.165) is 19.3 Å². The van der Waals surface area contributed by atoms with Crippen LogP contribution in [0.1, 0.15) is 36.5 Å². The average molecular weight is 358 g/mol. The highest BCUT2D eigenvalue weighted by Crippen LogP contribution is 2.29. The van der Waals surface area contributed by atoms with Crippen LogP contribution in [0, 0.1) is 10.1 Å². The van der Waals surface area contributed by atoms with Gasteiger partial charge in [-0.1, -0.05) is 19.8 Å². The van der Waals surface area contributed by atoms with Crippen LogP contribution >= 0.6 is 0 Å². The molecule has 1 amide bonds. The van der Waals surface area contributed by atoms with Crippen molar-refractivity contribution < 1.29 is 19.2 Å². The second-order valence-electron chi connectivity index (χ2n) is 5.68. The number of nitrogens with one attached hydrogen (secondary N) is 1. The summed E-state index contributed by atoms with van der Waals surface area (Å²) < 4.78 is 10.7. The molecule has 0 spiro atoms. The fourth-order valence-electron chi connectivity index (χ4n) is 2.34. The molecule has 1 N–H and O–H groups in total. The smallest absolute Gasteiger partial charge is 0.273 e. The Balaban J connectivity index is 2.02. The van der Waals surface area contributed by atoms with Gasteiger partial charge in [-0.3, -0.25) is 14.9 Å². The number of amides is 1. The highest BCUT2D eigenvalue weighted by Gasteiger charge is 2.14. The van der Waals surface area contributed by atoms with Gasteiger partial charge in [0, 0.05) is 11.6 Å². The van der Waals surface area contributed by atoms with Crippen LogP contribution in [-0.4, -0.2) is 24.5 Å². The Labute approximate surface area is 152 Å². The van der Waals surface area contributed by atoms with Crippen LogP contribution in [0.3, 0.4) is 0 Å². The summed E-state index contributed by atoms with van der Waals surface area (Å²) in [6.07, 6.45) is 3.25. The number of hydrogen-bond acceptors (Lipinski definition) is 5. The third-order valence-electron chi connectivity index (χ3n) is 3.78. The van der Waals surface area contributed by atoms with Gasteiger partial charge in [-0.2, -0.15) is 0 Å². The number of nitrogens with zero attached hydrogens (tertiary/aromatic N) is 1. The molecule has 0 atom stereocenters. The second kappa shape index (κ2) is 9.41. The number of benzene rings is 2. The molecule has 2 rings (SSSR count). The number of hydrogen-bond donors (Lipinski definition) is 1. The molecule has 0 bridgehead atoms. The van der Waals surface area contributed by atoms with E-state index < -0.39 is 4.92 Å². The highest BCUT2D eigenvalue weighted by atomic mass is 16.6. The molecule has 0 aliphatic rings. The monoisotopic (exact) mass is 358 g/mol. The Hall–Kier alpha value is -3.09. The van der Waals surface area contributed by atoms with Crippen LogP contribution in [-0.2, 0) is 0 Å². The molecule has 0 aliphatic heterocycles. The van der Waals surface area contributed by atoms with Gasteiger partial charge >= 0.3 is 0 Å². The molecule has 7 nitrogen and oxygen atoms in total. The molecule has 0 radical (unpaired) electrons. The first-order valence-electron chi connectivity index (χ1n) is 8.41. The molecule has 0 aliphatic carbocycles. The number of anilines is 1. The van der Waals surface area contributed by atoms with Gasteiger partial charge in [0.2, 0.25) is 0 Å². The molecule has 0 fully saturated rings. The minimum Gasteiger partial charge on any atom is -0.494 e. The number of nitro groups is 1. The Morgan fingerprint density at radius 3 is 2.50 bits per heavy atom. The van der Waals surface area contributed by atoms with Crippen molar-refractivity contribution in [3.8, 4) is 11.5 Å². The van der Waals surface area contributed by atoms with E-state index >= 15 is 0 Å². The van der Waals surface area contributed by atoms with Crippen molar-refractivity contribution in [3.63, 3.8) is 0 Å². The molecule has 0 aromatic heterocycles. The number of nitro benzene ring substituents is 1. The van der Waals surface area contributed by atoms with Crippen molar-refractivity contribution >= 4 is 17.3 Å². The number of rotatable bonds is 9. The summed E-state index contributed by atoms with van der Waals surface area (Å²) in [5, 5.41) is 13.5. The van der Waals surface area contributed by atoms with Gasteiger partial charge in [0.05, 0.1) is 30.4 Å². The Kier molecular flexibility index (Phi) is 6.96. The molecule has 26 heavy (non-hydrogen) atoms. The first-order chi connectivity index (χ1) is 12.5. The number of ether oxygens (including phenoxy) is 2. The summed E-state index contributed by atoms with van der Waals surface area (Å²) in [5.41, 5.74) is 0.707. The second-order valence-corrected chi connectivity index (χ2v) is 5.68. The predicted octanol–water partition coefficient (Wildman–Crippen LogP) is 4.42. The van der Waals surface area contributed by atoms with Gasteiger partial charge in [-0.25, -0.2) is 0 Å². The van der Waals surface area contributed by atoms with E-state index in [1.54, 1.807) is 24.3 Å². The van der Waals surface area contributed by atoms with Crippen molar-refractivity contribution in [1.29, 1.82) is 0 Å². The maximum atomic E-state index is 12.4. The third kappa shape index (κ3) is 5.20. The van der Waals surface area contributed by atoms with E-state index in [-0.39, 0.29) is 17.3 Å². The molecule has 0 heterocycles. The van der Waals surface area contributed by atoms with Gasteiger partial charge in [0.15, 0.2) is 0 Å². The van der Waals surface area contributed by atoms with Crippen molar-refractivity contribution in [1.82, 2.24) is 0 Å². The zero-order valence-electron chi connectivity index (χ0n) is 14.9. The molecular weight excluding hydrogens is 336 g/mol. The maximum Gasteiger partial charge on any atom is 0.273 e. The number of carbonyl (C=O) groups is 1. The van der Waals surface area contributed by atoms with E-state index in [1.807, 2.05) is 0 Å². The molecule has 138 valence electrons. The van der Waals surface area contributed by atoms with Crippen LogP contribution in [0.2, 0.25) is 0 Å². The third-order valence-corrected chi connectivity index (χ3v) is 3.78. The Bertz CT molecular complexity index is 759. The van der Waals surface area contributed by atoms with Crippen molar-refractivity contribution in [2.24, 2.45) is 0 Å². The van der Waals surface area contributed by atoms with Crippen molar-refractivity contribution in [2.75, 3.05) is 19.0 Å². The lowest BCUT2D eigenvalue weighted by Crippen LogP contribution is -2.12. The topological polar surface area (TPSA) is 90.7 Å². The van der Waals surface area contributed by atoms with Crippen molar-refractivity contribution in [2.45, 2.75) is 26.2 Å². The Morgan fingerprint density at radius 1 is 1.15 bits per heavy atom. The van der Waals surface area contributed by atoms with Crippen molar-refractivity contribution in [3.05, 3.63) is 58.1 Å². The molecule has 0 unspecified atom stereocenters. The summed E-state index contributed by atoms with van der Waals surface area (Å²) in [4.78, 5) is 22.7. The standard InChI is InChI=1S/C19H22N2O5/c1-3-4-5-12-26-16-9-6-14(7-10-16)19(22)20-17-11-8-15(21(23)24)13-18(17)25-2/h6-11,13H,3-5,12H2,1-2H3,(H,20,22). The van der Waals surface area contributed by atoms with Crippen LogP contribution < -0.4 is 14.8 Å². The lowest BCUT2D eigenvalue weighted by molar-refractivity contribution is -0.384. The zero-order chi connectivity index (χ0) is 18.9. The molecular formula is C19H22N2O5. The van der Waals surface area contributed by atoms with Gasteiger partial charge in [0.1, 0.15) is 11.5 Å². The number of methoxy groups -OCH3 is 1. The van der Waals surface area contributed by atoms with E-state index in [0.29, 0.717) is 23.6 Å². The summed E-state index contributed by atoms with van der Waals surface area (Å²) in [6, 6.07) is 10.8. The van der Waals surface area contributed by atoms with E-state index in [1.165, 1.54) is 25.3 Å². The van der Waals surface area contributed by atoms with Crippen LogP contribution in [0.5, 0.6) is 11.5 Å². The molecule has 0 saturated heterocycles. The number of unbranched alkanes of at least 4 members (excludes halogenated alkanes) is 2. The fraction of sp³-hybridized carbons (Fsp3) is 0.316. The summed E-state index contributed by atoms with van der Waals surface area (Å²) in [6.45, 7) is 2.78. The van der Waals surface area contributed by atoms with Crippen LogP contribution in [0.15, 0.2) is 42.5 Å². The minimum absolute atomic E-state index is 0.107. The molecule has 0 saturated carbocycles. The quantitative estimate of drug-likeness (QED) is 0.407. The SMILES string of the molecule is CCCCCOc1ccc(C(=O)Nc2ccc([N+](=O)[O-])cc2OC)cc1. The predicted molar refractivity (Wildman–Crippen MR) is 99.1 cm³/mol. The van der Waals surface area contributed by atoms with E-state index in [9.17, 15) is 14.9 Å². The van der Waals surface area contributed by atoms with E-state index in [2.05, 4.69) is 12.2 Å². The zero-order valence-corrected chi connectivity index (χ0v) is 14.9. The molecule has 2 aromatic rings. The highest BCUT2D eigenvalue weighted by molar-refractivity contribution is 6.05. The van der Waals surface area contributed by atoms with Gasteiger partial charge in [-0.05, 0) is 36.8 Å². The minimum atomic E-state index is -0.520. The van der Waals surface area contributed by atoms with Crippen LogP contribution in [0.25, 0.3) is 0 Å². The average Bonchev–Trinajstić information content (AvgIpc) is 2.65. The first-order valence-corrected chi connectivity index (χ1v) is 8.41. The largest absolute Gasteiger partial charge is 0.494 e. The number of non-ortho nitro benzene ring substituents is 1. The lowest BCUT2D eigenvalue weighted by Gasteiger charge is -2.10. The maximum absolute atomic E-state index is 12.4. The van der Waals surface area contributed by atoms with Gasteiger partial charge < -0.3 is 14.8 Å². The lowest BCUT2D eigenvalue weighted by atomic mass is 10.2. The fourth-order valence-corrected chi connectivity index (χ4v) is 2.34. The van der Waals surface area contributed by atoms with Gasteiger partial charge in [0.25, 0.3) is 11.6 Å². The number of carbonyl (C=O) groups excluding carboxylic acids is 1. The molecule has 7 heteroatoms. The van der Waals surface area contributed by atoms with Crippen LogP contribution in [0.4, 0.5) is 11.4 Å². The Morgan fingerprint density at radius 2 is 1.88 bits per heavy atom. The summed E-state index contributed by atoms with van der Waals surface area (Å²) in [7, 11) is 1.39. The summed E-state index contributed by atoms with van der Waals surface area (Å²) in [5.74, 6) is 0.601. The molecule has 2 aromatic carbocycles.